The van der Waals surface area contributed by atoms with Crippen molar-refractivity contribution in [1.82, 2.24) is 10.2 Å². The smallest absolute Gasteiger partial charge is 0.0351 e. The van der Waals surface area contributed by atoms with E-state index in [0.29, 0.717) is 0 Å². The third kappa shape index (κ3) is 2.74. The molecule has 16 heavy (non-hydrogen) atoms. The van der Waals surface area contributed by atoms with Gasteiger partial charge < -0.3 is 5.32 Å². The van der Waals surface area contributed by atoms with Crippen LogP contribution in [0, 0.1) is 5.92 Å². The Morgan fingerprint density at radius 1 is 1.25 bits per heavy atom. The first-order chi connectivity index (χ1) is 7.72. The fourth-order valence-corrected chi connectivity index (χ4v) is 4.22. The number of thioether (sulfide) groups is 1. The molecular weight excluding hydrogens is 216 g/mol. The van der Waals surface area contributed by atoms with E-state index in [1.807, 2.05) is 11.8 Å². The van der Waals surface area contributed by atoms with Crippen LogP contribution in [0.15, 0.2) is 0 Å². The zero-order valence-corrected chi connectivity index (χ0v) is 11.7. The molecule has 0 radical (unpaired) electrons. The average Bonchev–Trinajstić information content (AvgIpc) is 2.76. The van der Waals surface area contributed by atoms with E-state index in [1.54, 1.807) is 0 Å². The molecule has 0 amide bonds. The van der Waals surface area contributed by atoms with Gasteiger partial charge in [-0.1, -0.05) is 19.8 Å². The van der Waals surface area contributed by atoms with Gasteiger partial charge in [-0.2, -0.15) is 11.8 Å². The molecule has 3 heteroatoms. The number of rotatable bonds is 3. The maximum atomic E-state index is 3.54. The van der Waals surface area contributed by atoms with Crippen LogP contribution < -0.4 is 5.32 Å². The number of likely N-dealkylation sites (N-methyl/N-ethyl adjacent to an activating group) is 1. The molecule has 1 heterocycles. The lowest BCUT2D eigenvalue weighted by Crippen LogP contribution is -2.47. The van der Waals surface area contributed by atoms with Crippen molar-refractivity contribution in [2.45, 2.75) is 49.9 Å². The summed E-state index contributed by atoms with van der Waals surface area (Å²) in [5, 5.41) is 4.34. The van der Waals surface area contributed by atoms with Gasteiger partial charge in [-0.05, 0) is 32.1 Å². The van der Waals surface area contributed by atoms with Gasteiger partial charge in [0.1, 0.15) is 0 Å². The Kier molecular flexibility index (Phi) is 4.57. The molecule has 2 nitrogen and oxygen atoms in total. The van der Waals surface area contributed by atoms with Crippen molar-refractivity contribution in [2.75, 3.05) is 26.4 Å². The first kappa shape index (κ1) is 12.7. The molecule has 0 spiro atoms. The Balaban J connectivity index is 1.92. The highest BCUT2D eigenvalue weighted by Gasteiger charge is 2.34. The van der Waals surface area contributed by atoms with Crippen molar-refractivity contribution < 1.29 is 0 Å². The third-order valence-corrected chi connectivity index (χ3v) is 5.53. The molecule has 1 saturated carbocycles. The summed E-state index contributed by atoms with van der Waals surface area (Å²) in [7, 11) is 2.35. The third-order valence-electron chi connectivity index (χ3n) is 4.44. The molecule has 0 aromatic carbocycles. The van der Waals surface area contributed by atoms with Gasteiger partial charge in [-0.25, -0.2) is 0 Å². The summed E-state index contributed by atoms with van der Waals surface area (Å²) in [4.78, 5) is 2.68. The van der Waals surface area contributed by atoms with Crippen LogP contribution in [0.1, 0.15) is 32.6 Å². The SMILES string of the molecule is CSC1CNCC1N(C)C1CCCC(C)C1. The van der Waals surface area contributed by atoms with Gasteiger partial charge in [0.05, 0.1) is 0 Å². The topological polar surface area (TPSA) is 15.3 Å². The van der Waals surface area contributed by atoms with Crippen molar-refractivity contribution >= 4 is 11.8 Å². The number of hydrogen-bond acceptors (Lipinski definition) is 3. The maximum Gasteiger partial charge on any atom is 0.0351 e. The van der Waals surface area contributed by atoms with Crippen molar-refractivity contribution in [3.05, 3.63) is 0 Å². The van der Waals surface area contributed by atoms with Crippen molar-refractivity contribution in [3.63, 3.8) is 0 Å². The second-order valence-electron chi connectivity index (χ2n) is 5.59. The molecule has 0 aromatic heterocycles. The highest BCUT2D eigenvalue weighted by Crippen LogP contribution is 2.30. The summed E-state index contributed by atoms with van der Waals surface area (Å²) in [6.07, 6.45) is 7.95. The largest absolute Gasteiger partial charge is 0.314 e. The molecule has 94 valence electrons. The first-order valence-corrected chi connectivity index (χ1v) is 7.96. The zero-order valence-electron chi connectivity index (χ0n) is 10.9. The lowest BCUT2D eigenvalue weighted by Gasteiger charge is -2.39. The minimum absolute atomic E-state index is 0.755. The van der Waals surface area contributed by atoms with E-state index in [-0.39, 0.29) is 0 Å². The average molecular weight is 242 g/mol. The number of nitrogens with one attached hydrogen (secondary N) is 1. The van der Waals surface area contributed by atoms with Gasteiger partial charge in [-0.15, -0.1) is 0 Å². The van der Waals surface area contributed by atoms with E-state index in [4.69, 9.17) is 0 Å². The molecule has 1 aliphatic heterocycles. The standard InChI is InChI=1S/C13H26N2S/c1-10-5-4-6-11(7-10)15(2)12-8-14-9-13(12)16-3/h10-14H,4-9H2,1-3H3. The molecule has 1 N–H and O–H groups in total. The zero-order chi connectivity index (χ0) is 11.5. The molecular formula is C13H26N2S. The van der Waals surface area contributed by atoms with Crippen LogP contribution in [0.4, 0.5) is 0 Å². The molecule has 2 aliphatic rings. The summed E-state index contributed by atoms with van der Waals surface area (Å²) in [5.74, 6) is 0.934. The summed E-state index contributed by atoms with van der Waals surface area (Å²) in [5.41, 5.74) is 0. The van der Waals surface area contributed by atoms with Crippen LogP contribution in [-0.4, -0.2) is 48.6 Å². The Morgan fingerprint density at radius 2 is 2.06 bits per heavy atom. The normalized spacial score (nSPS) is 40.5. The van der Waals surface area contributed by atoms with E-state index in [1.165, 1.54) is 38.8 Å². The molecule has 2 rings (SSSR count). The fourth-order valence-electron chi connectivity index (χ4n) is 3.33. The number of nitrogens with zero attached hydrogens (tertiary/aromatic N) is 1. The minimum atomic E-state index is 0.755. The van der Waals surface area contributed by atoms with Crippen LogP contribution >= 0.6 is 11.8 Å². The van der Waals surface area contributed by atoms with Crippen molar-refractivity contribution in [2.24, 2.45) is 5.92 Å². The maximum absolute atomic E-state index is 3.54. The fraction of sp³-hybridized carbons (Fsp3) is 1.00. The summed E-state index contributed by atoms with van der Waals surface area (Å²) < 4.78 is 0. The first-order valence-electron chi connectivity index (χ1n) is 6.67. The monoisotopic (exact) mass is 242 g/mol. The lowest BCUT2D eigenvalue weighted by atomic mass is 9.86. The van der Waals surface area contributed by atoms with Gasteiger partial charge >= 0.3 is 0 Å². The van der Waals surface area contributed by atoms with E-state index >= 15 is 0 Å². The quantitative estimate of drug-likeness (QED) is 0.817. The minimum Gasteiger partial charge on any atom is -0.314 e. The lowest BCUT2D eigenvalue weighted by molar-refractivity contribution is 0.128. The second-order valence-corrected chi connectivity index (χ2v) is 6.67. The molecule has 2 fully saturated rings. The number of hydrogen-bond donors (Lipinski definition) is 1. The molecule has 0 bridgehead atoms. The van der Waals surface area contributed by atoms with Gasteiger partial charge in [0.25, 0.3) is 0 Å². The Labute approximate surface area is 105 Å². The van der Waals surface area contributed by atoms with E-state index < -0.39 is 0 Å². The van der Waals surface area contributed by atoms with Crippen LogP contribution in [0.25, 0.3) is 0 Å². The van der Waals surface area contributed by atoms with Gasteiger partial charge in [-0.3, -0.25) is 4.90 Å². The predicted molar refractivity (Wildman–Crippen MR) is 73.1 cm³/mol. The molecule has 4 atom stereocenters. The Hall–Kier alpha value is 0.270. The van der Waals surface area contributed by atoms with Gasteiger partial charge in [0.15, 0.2) is 0 Å². The Bertz CT molecular complexity index is 222. The second kappa shape index (κ2) is 5.74. The molecule has 4 unspecified atom stereocenters. The summed E-state index contributed by atoms with van der Waals surface area (Å²) >= 11 is 2.03. The van der Waals surface area contributed by atoms with Crippen LogP contribution in [0.3, 0.4) is 0 Å². The molecule has 1 saturated heterocycles. The van der Waals surface area contributed by atoms with E-state index in [0.717, 1.165) is 23.3 Å². The van der Waals surface area contributed by atoms with E-state index in [9.17, 15) is 0 Å². The van der Waals surface area contributed by atoms with Crippen molar-refractivity contribution in [3.8, 4) is 0 Å². The van der Waals surface area contributed by atoms with Gasteiger partial charge in [0, 0.05) is 30.4 Å². The van der Waals surface area contributed by atoms with E-state index in [2.05, 4.69) is 30.4 Å². The Morgan fingerprint density at radius 3 is 2.75 bits per heavy atom. The summed E-state index contributed by atoms with van der Waals surface area (Å²) in [6.45, 7) is 4.80. The highest BCUT2D eigenvalue weighted by molar-refractivity contribution is 7.99. The molecule has 0 aromatic rings. The van der Waals surface area contributed by atoms with Gasteiger partial charge in [0.2, 0.25) is 0 Å². The van der Waals surface area contributed by atoms with Crippen LogP contribution in [0.5, 0.6) is 0 Å². The summed E-state index contributed by atoms with van der Waals surface area (Å²) in [6, 6.07) is 1.59. The van der Waals surface area contributed by atoms with Crippen LogP contribution in [-0.2, 0) is 0 Å². The molecule has 1 aliphatic carbocycles. The van der Waals surface area contributed by atoms with Crippen LogP contribution in [0.2, 0.25) is 0 Å². The van der Waals surface area contributed by atoms with Crippen molar-refractivity contribution in [1.29, 1.82) is 0 Å². The predicted octanol–water partition coefficient (Wildman–Crippen LogP) is 2.20. The highest BCUT2D eigenvalue weighted by atomic mass is 32.2.